The third-order valence-electron chi connectivity index (χ3n) is 4.57. The molecule has 0 aliphatic carbocycles. The number of aliphatic imine (C=N–C) groups is 2. The molecule has 9 nitrogen and oxygen atoms in total. The van der Waals surface area contributed by atoms with Crippen molar-refractivity contribution in [2.24, 2.45) is 15.7 Å². The lowest BCUT2D eigenvalue weighted by molar-refractivity contribution is -0.127. The summed E-state index contributed by atoms with van der Waals surface area (Å²) in [6, 6.07) is 14.2. The van der Waals surface area contributed by atoms with Gasteiger partial charge in [0.1, 0.15) is 5.75 Å². The van der Waals surface area contributed by atoms with Gasteiger partial charge in [-0.05, 0) is 37.3 Å². The van der Waals surface area contributed by atoms with Gasteiger partial charge in [-0.25, -0.2) is 14.9 Å². The van der Waals surface area contributed by atoms with Crippen LogP contribution in [0.4, 0.5) is 11.4 Å². The number of guanidine groups is 2. The smallest absolute Gasteiger partial charge is 0.289 e. The lowest BCUT2D eigenvalue weighted by Crippen LogP contribution is -2.51. The van der Waals surface area contributed by atoms with Gasteiger partial charge in [-0.2, -0.15) is 0 Å². The monoisotopic (exact) mass is 392 g/mol. The zero-order valence-electron chi connectivity index (χ0n) is 16.0. The van der Waals surface area contributed by atoms with Crippen molar-refractivity contribution in [1.82, 2.24) is 5.32 Å². The van der Waals surface area contributed by atoms with Crippen molar-refractivity contribution in [3.63, 3.8) is 0 Å². The van der Waals surface area contributed by atoms with Crippen LogP contribution in [0, 0.1) is 0 Å². The van der Waals surface area contributed by atoms with Crippen molar-refractivity contribution in [2.75, 3.05) is 16.8 Å². The van der Waals surface area contributed by atoms with Crippen molar-refractivity contribution < 1.29 is 14.3 Å². The van der Waals surface area contributed by atoms with Crippen LogP contribution in [0.2, 0.25) is 0 Å². The number of imide groups is 1. The van der Waals surface area contributed by atoms with Crippen molar-refractivity contribution >= 4 is 35.1 Å². The van der Waals surface area contributed by atoms with Crippen LogP contribution >= 0.6 is 0 Å². The number of para-hydroxylation sites is 1. The van der Waals surface area contributed by atoms with Gasteiger partial charge in [-0.3, -0.25) is 14.9 Å². The van der Waals surface area contributed by atoms with E-state index in [1.54, 1.807) is 24.3 Å². The average molecular weight is 392 g/mol. The molecular weight excluding hydrogens is 372 g/mol. The molecule has 2 amide bonds. The Morgan fingerprint density at radius 2 is 1.93 bits per heavy atom. The molecule has 1 spiro atoms. The summed E-state index contributed by atoms with van der Waals surface area (Å²) in [7, 11) is 0. The number of carbonyl (C=O) groups excluding carboxylic acids is 2. The van der Waals surface area contributed by atoms with E-state index in [2.05, 4.69) is 20.6 Å². The maximum Gasteiger partial charge on any atom is 0.289 e. The summed E-state index contributed by atoms with van der Waals surface area (Å²) < 4.78 is 5.44. The van der Waals surface area contributed by atoms with Crippen molar-refractivity contribution in [3.8, 4) is 5.75 Å². The molecule has 1 atom stereocenters. The zero-order chi connectivity index (χ0) is 20.6. The maximum absolute atomic E-state index is 13.2. The van der Waals surface area contributed by atoms with E-state index in [4.69, 9.17) is 10.5 Å². The third-order valence-corrected chi connectivity index (χ3v) is 4.57. The highest BCUT2D eigenvalue weighted by atomic mass is 16.5. The molecule has 2 aliphatic rings. The summed E-state index contributed by atoms with van der Waals surface area (Å²) >= 11 is 0. The Bertz CT molecular complexity index is 1050. The number of benzene rings is 2. The quantitative estimate of drug-likeness (QED) is 0.728. The van der Waals surface area contributed by atoms with Crippen LogP contribution in [0.15, 0.2) is 58.5 Å². The van der Waals surface area contributed by atoms with Crippen LogP contribution in [-0.2, 0) is 15.3 Å². The summed E-state index contributed by atoms with van der Waals surface area (Å²) in [6.07, 6.45) is 0. The van der Waals surface area contributed by atoms with Crippen molar-refractivity contribution in [1.29, 1.82) is 0 Å². The number of ether oxygens (including phenoxy) is 1. The van der Waals surface area contributed by atoms with Gasteiger partial charge in [0.25, 0.3) is 11.6 Å². The summed E-state index contributed by atoms with van der Waals surface area (Å²) in [5.74, 6) is 0.0211. The Morgan fingerprint density at radius 3 is 2.62 bits per heavy atom. The van der Waals surface area contributed by atoms with E-state index in [1.807, 2.05) is 31.2 Å². The lowest BCUT2D eigenvalue weighted by Gasteiger charge is -2.26. The summed E-state index contributed by atoms with van der Waals surface area (Å²) in [5, 5.41) is 5.92. The van der Waals surface area contributed by atoms with E-state index in [1.165, 1.54) is 6.92 Å². The third kappa shape index (κ3) is 3.06. The maximum atomic E-state index is 13.2. The number of amides is 2. The molecule has 148 valence electrons. The second-order valence-electron chi connectivity index (χ2n) is 6.51. The van der Waals surface area contributed by atoms with Crippen LogP contribution in [0.3, 0.4) is 0 Å². The minimum atomic E-state index is -1.65. The normalized spacial score (nSPS) is 19.9. The highest BCUT2D eigenvalue weighted by Crippen LogP contribution is 2.44. The van der Waals surface area contributed by atoms with E-state index in [0.29, 0.717) is 23.5 Å². The number of hydrogen-bond donors (Lipinski definition) is 3. The van der Waals surface area contributed by atoms with E-state index in [-0.39, 0.29) is 11.9 Å². The molecule has 4 N–H and O–H groups in total. The Balaban J connectivity index is 1.73. The fourth-order valence-corrected chi connectivity index (χ4v) is 3.41. The molecule has 2 heterocycles. The first-order valence-corrected chi connectivity index (χ1v) is 9.11. The van der Waals surface area contributed by atoms with Gasteiger partial charge >= 0.3 is 0 Å². The van der Waals surface area contributed by atoms with Gasteiger partial charge in [-0.15, -0.1) is 0 Å². The van der Waals surface area contributed by atoms with Crippen LogP contribution in [0.1, 0.15) is 19.4 Å². The average Bonchev–Trinajstić information content (AvgIpc) is 2.91. The van der Waals surface area contributed by atoms with E-state index >= 15 is 0 Å². The number of nitrogens with two attached hydrogens (primary N) is 1. The largest absolute Gasteiger partial charge is 0.494 e. The fraction of sp³-hybridized carbons (Fsp3) is 0.200. The SMILES string of the molecule is CCOc1ccc(NC2=N[C@@]3(N=C(N)N2)C(=O)N(C(C)=O)c2ccccc23)cc1. The molecule has 4 rings (SSSR count). The zero-order valence-corrected chi connectivity index (χ0v) is 16.0. The van der Waals surface area contributed by atoms with Gasteiger partial charge in [0.15, 0.2) is 5.96 Å². The molecule has 0 saturated carbocycles. The molecule has 0 unspecified atom stereocenters. The Hall–Kier alpha value is -3.88. The Morgan fingerprint density at radius 1 is 1.21 bits per heavy atom. The van der Waals surface area contributed by atoms with Gasteiger partial charge < -0.3 is 15.8 Å². The number of nitrogens with one attached hydrogen (secondary N) is 2. The molecule has 2 aromatic carbocycles. The second-order valence-corrected chi connectivity index (χ2v) is 6.51. The number of fused-ring (bicyclic) bond motifs is 2. The number of nitrogens with zero attached hydrogens (tertiary/aromatic N) is 3. The molecule has 0 saturated heterocycles. The topological polar surface area (TPSA) is 121 Å². The van der Waals surface area contributed by atoms with Gasteiger partial charge in [-0.1, -0.05) is 18.2 Å². The molecule has 0 fully saturated rings. The molecule has 0 aromatic heterocycles. The Labute approximate surface area is 167 Å². The predicted molar refractivity (Wildman–Crippen MR) is 110 cm³/mol. The van der Waals surface area contributed by atoms with Crippen LogP contribution in [0.5, 0.6) is 5.75 Å². The van der Waals surface area contributed by atoms with Crippen LogP contribution in [0.25, 0.3) is 0 Å². The van der Waals surface area contributed by atoms with E-state index in [0.717, 1.165) is 10.6 Å². The first-order chi connectivity index (χ1) is 13.9. The molecule has 2 aromatic rings. The van der Waals surface area contributed by atoms with E-state index in [9.17, 15) is 9.59 Å². The molecular formula is C20H20N6O3. The van der Waals surface area contributed by atoms with E-state index < -0.39 is 17.5 Å². The predicted octanol–water partition coefficient (Wildman–Crippen LogP) is 1.52. The summed E-state index contributed by atoms with van der Waals surface area (Å²) in [4.78, 5) is 35.2. The van der Waals surface area contributed by atoms with Crippen LogP contribution < -0.4 is 26.0 Å². The standard InChI is InChI=1S/C20H20N6O3/c1-3-29-14-10-8-13(9-11-14)22-19-23-18(21)24-20(25-19)15-6-4-5-7-16(15)26(12(2)27)17(20)28/h4-11H,3H2,1-2H3,(H4,21,22,23,24,25)/t20-/m1/s1. The minimum absolute atomic E-state index is 0.0157. The van der Waals surface area contributed by atoms with Gasteiger partial charge in [0, 0.05) is 18.2 Å². The molecule has 29 heavy (non-hydrogen) atoms. The summed E-state index contributed by atoms with van der Waals surface area (Å²) in [5.41, 5.74) is 5.99. The highest BCUT2D eigenvalue weighted by molar-refractivity contribution is 6.24. The molecule has 2 aliphatic heterocycles. The number of rotatable bonds is 3. The number of hydrogen-bond acceptors (Lipinski definition) is 8. The molecule has 9 heteroatoms. The molecule has 0 radical (unpaired) electrons. The highest BCUT2D eigenvalue weighted by Gasteiger charge is 2.54. The lowest BCUT2D eigenvalue weighted by atomic mass is 10.0. The number of anilines is 2. The van der Waals surface area contributed by atoms with Crippen molar-refractivity contribution in [3.05, 3.63) is 54.1 Å². The summed E-state index contributed by atoms with van der Waals surface area (Å²) in [6.45, 7) is 3.81. The van der Waals surface area contributed by atoms with Gasteiger partial charge in [0.05, 0.1) is 12.3 Å². The molecule has 0 bridgehead atoms. The minimum Gasteiger partial charge on any atom is -0.494 e. The van der Waals surface area contributed by atoms with Gasteiger partial charge in [0.2, 0.25) is 11.9 Å². The first kappa shape index (κ1) is 18.5. The first-order valence-electron chi connectivity index (χ1n) is 9.11. The second kappa shape index (κ2) is 6.93. The van der Waals surface area contributed by atoms with Crippen molar-refractivity contribution in [2.45, 2.75) is 19.5 Å². The number of carbonyl (C=O) groups is 2. The van der Waals surface area contributed by atoms with Crippen LogP contribution in [-0.4, -0.2) is 30.3 Å². The fourth-order valence-electron chi connectivity index (χ4n) is 3.41. The Kier molecular flexibility index (Phi) is 4.42.